The van der Waals surface area contributed by atoms with Gasteiger partial charge in [-0.3, -0.25) is 9.59 Å². The molecule has 2 amide bonds. The van der Waals surface area contributed by atoms with Crippen molar-refractivity contribution in [1.82, 2.24) is 15.5 Å². The van der Waals surface area contributed by atoms with Crippen LogP contribution in [-0.2, 0) is 9.59 Å². The molecule has 0 spiro atoms. The van der Waals surface area contributed by atoms with Gasteiger partial charge in [-0.05, 0) is 24.6 Å². The third-order valence-electron chi connectivity index (χ3n) is 3.29. The van der Waals surface area contributed by atoms with Crippen LogP contribution in [0.4, 0.5) is 0 Å². The molecule has 108 valence electrons. The maximum atomic E-state index is 12.0. The van der Waals surface area contributed by atoms with Gasteiger partial charge in [-0.15, -0.1) is 0 Å². The van der Waals surface area contributed by atoms with Gasteiger partial charge in [0.15, 0.2) is 0 Å². The van der Waals surface area contributed by atoms with Crippen molar-refractivity contribution in [1.29, 1.82) is 0 Å². The van der Waals surface area contributed by atoms with Crippen LogP contribution in [0.3, 0.4) is 0 Å². The molecule has 1 heterocycles. The highest BCUT2D eigenvalue weighted by molar-refractivity contribution is 9.10. The first-order chi connectivity index (χ1) is 9.58. The molecule has 1 aromatic carbocycles. The molecule has 2 N–H and O–H groups in total. The van der Waals surface area contributed by atoms with Gasteiger partial charge in [-0.1, -0.05) is 28.1 Å². The molecule has 1 aliphatic heterocycles. The van der Waals surface area contributed by atoms with Crippen LogP contribution in [0, 0.1) is 0 Å². The SMILES string of the molecule is CC(NC(=O)C(=O)N1CCNCC1)c1cccc(Br)c1. The lowest BCUT2D eigenvalue weighted by Crippen LogP contribution is -2.51. The van der Waals surface area contributed by atoms with Crippen molar-refractivity contribution in [3.05, 3.63) is 34.3 Å². The molecule has 2 rings (SSSR count). The molecular formula is C14H18BrN3O2. The Hall–Kier alpha value is -1.40. The monoisotopic (exact) mass is 339 g/mol. The maximum absolute atomic E-state index is 12.0. The Labute approximate surface area is 126 Å². The zero-order chi connectivity index (χ0) is 14.5. The van der Waals surface area contributed by atoms with Crippen LogP contribution < -0.4 is 10.6 Å². The van der Waals surface area contributed by atoms with E-state index in [1.807, 2.05) is 31.2 Å². The predicted molar refractivity (Wildman–Crippen MR) is 80.1 cm³/mol. The zero-order valence-electron chi connectivity index (χ0n) is 11.4. The summed E-state index contributed by atoms with van der Waals surface area (Å²) >= 11 is 3.39. The van der Waals surface area contributed by atoms with Crippen molar-refractivity contribution >= 4 is 27.7 Å². The molecular weight excluding hydrogens is 322 g/mol. The van der Waals surface area contributed by atoms with Gasteiger partial charge in [0.05, 0.1) is 6.04 Å². The van der Waals surface area contributed by atoms with Crippen LogP contribution in [-0.4, -0.2) is 42.9 Å². The third kappa shape index (κ3) is 3.80. The summed E-state index contributed by atoms with van der Waals surface area (Å²) < 4.78 is 0.949. The van der Waals surface area contributed by atoms with Crippen LogP contribution >= 0.6 is 15.9 Å². The molecule has 1 aromatic rings. The van der Waals surface area contributed by atoms with Crippen molar-refractivity contribution in [3.63, 3.8) is 0 Å². The number of nitrogens with zero attached hydrogens (tertiary/aromatic N) is 1. The molecule has 20 heavy (non-hydrogen) atoms. The van der Waals surface area contributed by atoms with E-state index in [0.29, 0.717) is 13.1 Å². The van der Waals surface area contributed by atoms with E-state index in [2.05, 4.69) is 26.6 Å². The van der Waals surface area contributed by atoms with Crippen molar-refractivity contribution in [2.24, 2.45) is 0 Å². The molecule has 1 saturated heterocycles. The van der Waals surface area contributed by atoms with Crippen LogP contribution in [0.2, 0.25) is 0 Å². The molecule has 1 aliphatic rings. The number of carbonyl (C=O) groups excluding carboxylic acids is 2. The predicted octanol–water partition coefficient (Wildman–Crippen LogP) is 1.06. The zero-order valence-corrected chi connectivity index (χ0v) is 12.9. The van der Waals surface area contributed by atoms with Gasteiger partial charge in [0.1, 0.15) is 0 Å². The Bertz CT molecular complexity index is 501. The number of carbonyl (C=O) groups is 2. The van der Waals surface area contributed by atoms with Gasteiger partial charge in [-0.25, -0.2) is 0 Å². The number of piperazine rings is 1. The summed E-state index contributed by atoms with van der Waals surface area (Å²) in [5.74, 6) is -0.993. The van der Waals surface area contributed by atoms with Gasteiger partial charge in [0, 0.05) is 30.7 Å². The number of hydrogen-bond acceptors (Lipinski definition) is 3. The van der Waals surface area contributed by atoms with E-state index >= 15 is 0 Å². The number of hydrogen-bond donors (Lipinski definition) is 2. The minimum Gasteiger partial charge on any atom is -0.341 e. The second-order valence-corrected chi connectivity index (χ2v) is 5.71. The van der Waals surface area contributed by atoms with Crippen molar-refractivity contribution in [2.75, 3.05) is 26.2 Å². The fourth-order valence-corrected chi connectivity index (χ4v) is 2.55. The number of rotatable bonds is 2. The molecule has 0 saturated carbocycles. The topological polar surface area (TPSA) is 61.4 Å². The van der Waals surface area contributed by atoms with E-state index in [4.69, 9.17) is 0 Å². The average molecular weight is 340 g/mol. The first-order valence-electron chi connectivity index (χ1n) is 6.64. The summed E-state index contributed by atoms with van der Waals surface area (Å²) in [5, 5.41) is 5.90. The van der Waals surface area contributed by atoms with Gasteiger partial charge in [-0.2, -0.15) is 0 Å². The smallest absolute Gasteiger partial charge is 0.311 e. The summed E-state index contributed by atoms with van der Waals surface area (Å²) in [6, 6.07) is 7.47. The summed E-state index contributed by atoms with van der Waals surface area (Å²) in [6.45, 7) is 4.50. The number of amides is 2. The lowest BCUT2D eigenvalue weighted by atomic mass is 10.1. The number of benzene rings is 1. The molecule has 1 unspecified atom stereocenters. The first-order valence-corrected chi connectivity index (χ1v) is 7.43. The Morgan fingerprint density at radius 1 is 1.35 bits per heavy atom. The second kappa shape index (κ2) is 6.85. The van der Waals surface area contributed by atoms with Crippen LogP contribution in [0.1, 0.15) is 18.5 Å². The van der Waals surface area contributed by atoms with E-state index < -0.39 is 11.8 Å². The van der Waals surface area contributed by atoms with Crippen LogP contribution in [0.25, 0.3) is 0 Å². The van der Waals surface area contributed by atoms with E-state index in [9.17, 15) is 9.59 Å². The Balaban J connectivity index is 1.94. The van der Waals surface area contributed by atoms with Crippen LogP contribution in [0.5, 0.6) is 0 Å². The molecule has 1 atom stereocenters. The normalized spacial score (nSPS) is 16.6. The van der Waals surface area contributed by atoms with Crippen molar-refractivity contribution in [3.8, 4) is 0 Å². The molecule has 5 nitrogen and oxygen atoms in total. The van der Waals surface area contributed by atoms with E-state index in [0.717, 1.165) is 23.1 Å². The molecule has 0 aromatic heterocycles. The fourth-order valence-electron chi connectivity index (χ4n) is 2.13. The Morgan fingerprint density at radius 3 is 2.70 bits per heavy atom. The lowest BCUT2D eigenvalue weighted by molar-refractivity contribution is -0.146. The summed E-state index contributed by atoms with van der Waals surface area (Å²) in [7, 11) is 0. The highest BCUT2D eigenvalue weighted by atomic mass is 79.9. The highest BCUT2D eigenvalue weighted by Gasteiger charge is 2.24. The quantitative estimate of drug-likeness (QED) is 0.792. The van der Waals surface area contributed by atoms with E-state index in [1.54, 1.807) is 4.90 Å². The summed E-state index contributed by atoms with van der Waals surface area (Å²) in [5.41, 5.74) is 0.959. The van der Waals surface area contributed by atoms with Gasteiger partial charge in [0.25, 0.3) is 0 Å². The highest BCUT2D eigenvalue weighted by Crippen LogP contribution is 2.17. The van der Waals surface area contributed by atoms with E-state index in [-0.39, 0.29) is 6.04 Å². The molecule has 0 bridgehead atoms. The maximum Gasteiger partial charge on any atom is 0.311 e. The van der Waals surface area contributed by atoms with Crippen molar-refractivity contribution in [2.45, 2.75) is 13.0 Å². The molecule has 1 fully saturated rings. The van der Waals surface area contributed by atoms with Gasteiger partial charge < -0.3 is 15.5 Å². The fraction of sp³-hybridized carbons (Fsp3) is 0.429. The average Bonchev–Trinajstić information content (AvgIpc) is 2.47. The van der Waals surface area contributed by atoms with Gasteiger partial charge >= 0.3 is 11.8 Å². The van der Waals surface area contributed by atoms with Crippen molar-refractivity contribution < 1.29 is 9.59 Å². The molecule has 0 radical (unpaired) electrons. The second-order valence-electron chi connectivity index (χ2n) is 4.79. The standard InChI is InChI=1S/C14H18BrN3O2/c1-10(11-3-2-4-12(15)9-11)17-13(19)14(20)18-7-5-16-6-8-18/h2-4,9-10,16H,5-8H2,1H3,(H,17,19). The van der Waals surface area contributed by atoms with E-state index in [1.165, 1.54) is 0 Å². The Kier molecular flexibility index (Phi) is 5.14. The molecule has 6 heteroatoms. The number of halogens is 1. The largest absolute Gasteiger partial charge is 0.341 e. The van der Waals surface area contributed by atoms with Crippen LogP contribution in [0.15, 0.2) is 28.7 Å². The minimum absolute atomic E-state index is 0.202. The molecule has 0 aliphatic carbocycles. The minimum atomic E-state index is -0.542. The lowest BCUT2D eigenvalue weighted by Gasteiger charge is -2.27. The van der Waals surface area contributed by atoms with Gasteiger partial charge in [0.2, 0.25) is 0 Å². The summed E-state index contributed by atoms with van der Waals surface area (Å²) in [6.07, 6.45) is 0. The third-order valence-corrected chi connectivity index (χ3v) is 3.79. The Morgan fingerprint density at radius 2 is 2.05 bits per heavy atom. The number of nitrogens with one attached hydrogen (secondary N) is 2. The summed E-state index contributed by atoms with van der Waals surface area (Å²) in [4.78, 5) is 25.6. The first kappa shape index (κ1) is 15.0.